The van der Waals surface area contributed by atoms with Crippen LogP contribution in [0.25, 0.3) is 0 Å². The molecule has 114 valence electrons. The highest BCUT2D eigenvalue weighted by Crippen LogP contribution is 2.18. The summed E-state index contributed by atoms with van der Waals surface area (Å²) in [5.41, 5.74) is 0. The predicted octanol–water partition coefficient (Wildman–Crippen LogP) is 1.32. The van der Waals surface area contributed by atoms with Crippen LogP contribution >= 0.6 is 10.7 Å². The topological polar surface area (TPSA) is 89.5 Å². The average Bonchev–Trinajstić information content (AvgIpc) is 2.36. The average molecular weight is 342 g/mol. The fourth-order valence-electron chi connectivity index (χ4n) is 1.45. The number of hydrogen-bond acceptors (Lipinski definition) is 5. The molecular formula is C11H16ClNO5S2. The fraction of sp³-hybridized carbons (Fsp3) is 0.455. The zero-order valence-corrected chi connectivity index (χ0v) is 13.4. The van der Waals surface area contributed by atoms with Gasteiger partial charge in [0.05, 0.1) is 15.9 Å². The van der Waals surface area contributed by atoms with Gasteiger partial charge in [-0.2, -0.15) is 0 Å². The zero-order chi connectivity index (χ0) is 15.4. The van der Waals surface area contributed by atoms with Crippen molar-refractivity contribution < 1.29 is 21.6 Å². The van der Waals surface area contributed by atoms with Crippen LogP contribution in [0.3, 0.4) is 0 Å². The molecule has 1 atom stereocenters. The van der Waals surface area contributed by atoms with Crippen molar-refractivity contribution in [3.05, 3.63) is 24.3 Å². The van der Waals surface area contributed by atoms with Gasteiger partial charge in [0, 0.05) is 23.8 Å². The monoisotopic (exact) mass is 341 g/mol. The van der Waals surface area contributed by atoms with E-state index in [1.165, 1.54) is 18.2 Å². The zero-order valence-electron chi connectivity index (χ0n) is 11.0. The summed E-state index contributed by atoms with van der Waals surface area (Å²) in [7, 11) is -2.59. The van der Waals surface area contributed by atoms with E-state index in [9.17, 15) is 16.8 Å². The van der Waals surface area contributed by atoms with Gasteiger partial charge in [-0.1, -0.05) is 6.07 Å². The maximum atomic E-state index is 12.0. The maximum Gasteiger partial charge on any atom is 0.261 e. The quantitative estimate of drug-likeness (QED) is 0.755. The van der Waals surface area contributed by atoms with Gasteiger partial charge >= 0.3 is 0 Å². The summed E-state index contributed by atoms with van der Waals surface area (Å²) in [6.07, 6.45) is -0.283. The smallest absolute Gasteiger partial charge is 0.261 e. The molecule has 0 saturated carbocycles. The lowest BCUT2D eigenvalue weighted by Gasteiger charge is -2.13. The Morgan fingerprint density at radius 2 is 1.85 bits per heavy atom. The molecule has 0 aliphatic heterocycles. The molecule has 1 rings (SSSR count). The first-order valence-electron chi connectivity index (χ1n) is 5.83. The van der Waals surface area contributed by atoms with Gasteiger partial charge in [-0.05, 0) is 32.0 Å². The lowest BCUT2D eigenvalue weighted by molar-refractivity contribution is 0.0799. The Labute approximate surface area is 123 Å². The van der Waals surface area contributed by atoms with Crippen molar-refractivity contribution in [2.75, 3.05) is 13.2 Å². The Bertz CT molecular complexity index is 657. The van der Waals surface area contributed by atoms with E-state index in [4.69, 9.17) is 15.4 Å². The van der Waals surface area contributed by atoms with Gasteiger partial charge in [0.15, 0.2) is 0 Å². The highest BCUT2D eigenvalue weighted by molar-refractivity contribution is 8.13. The molecule has 0 spiro atoms. The maximum absolute atomic E-state index is 12.0. The third-order valence-corrected chi connectivity index (χ3v) is 5.18. The van der Waals surface area contributed by atoms with Gasteiger partial charge in [-0.15, -0.1) is 0 Å². The Balaban J connectivity index is 2.94. The Morgan fingerprint density at radius 1 is 1.25 bits per heavy atom. The lowest BCUT2D eigenvalue weighted by Crippen LogP contribution is -2.32. The predicted molar refractivity (Wildman–Crippen MR) is 75.8 cm³/mol. The third-order valence-electron chi connectivity index (χ3n) is 2.41. The second-order valence-electron chi connectivity index (χ2n) is 4.03. The van der Waals surface area contributed by atoms with E-state index in [1.54, 1.807) is 13.8 Å². The minimum Gasteiger partial charge on any atom is -0.377 e. The van der Waals surface area contributed by atoms with Gasteiger partial charge in [-0.25, -0.2) is 21.6 Å². The Hall–Kier alpha value is -0.670. The highest BCUT2D eigenvalue weighted by Gasteiger charge is 2.18. The normalized spacial score (nSPS) is 14.2. The number of hydrogen-bond donors (Lipinski definition) is 1. The van der Waals surface area contributed by atoms with Crippen molar-refractivity contribution in [3.8, 4) is 0 Å². The van der Waals surface area contributed by atoms with Crippen molar-refractivity contribution >= 4 is 29.8 Å². The molecule has 0 amide bonds. The van der Waals surface area contributed by atoms with Crippen molar-refractivity contribution in [1.29, 1.82) is 0 Å². The molecule has 0 aromatic heterocycles. The second kappa shape index (κ2) is 6.86. The molecule has 1 unspecified atom stereocenters. The highest BCUT2D eigenvalue weighted by atomic mass is 35.7. The first-order chi connectivity index (χ1) is 9.16. The number of ether oxygens (including phenoxy) is 1. The summed E-state index contributed by atoms with van der Waals surface area (Å²) in [5, 5.41) is 0. The molecule has 0 saturated heterocycles. The fourth-order valence-corrected chi connectivity index (χ4v) is 3.48. The van der Waals surface area contributed by atoms with Crippen LogP contribution < -0.4 is 4.72 Å². The number of rotatable bonds is 7. The molecule has 9 heteroatoms. The first-order valence-corrected chi connectivity index (χ1v) is 9.62. The van der Waals surface area contributed by atoms with Gasteiger partial charge < -0.3 is 4.74 Å². The molecular weight excluding hydrogens is 326 g/mol. The molecule has 0 radical (unpaired) electrons. The molecule has 0 aliphatic rings. The molecule has 0 fully saturated rings. The molecule has 1 N–H and O–H groups in total. The molecule has 1 aromatic carbocycles. The minimum absolute atomic E-state index is 0.0913. The summed E-state index contributed by atoms with van der Waals surface area (Å²) in [4.78, 5) is -0.428. The van der Waals surface area contributed by atoms with E-state index >= 15 is 0 Å². The SMILES string of the molecule is CCOC(C)CNS(=O)(=O)c1cccc(S(=O)(=O)Cl)c1. The number of nitrogens with one attached hydrogen (secondary N) is 1. The van der Waals surface area contributed by atoms with Crippen molar-refractivity contribution in [2.24, 2.45) is 0 Å². The number of benzene rings is 1. The summed E-state index contributed by atoms with van der Waals surface area (Å²) < 4.78 is 54.0. The lowest BCUT2D eigenvalue weighted by atomic mass is 10.4. The van der Waals surface area contributed by atoms with Crippen molar-refractivity contribution in [1.82, 2.24) is 4.72 Å². The molecule has 0 bridgehead atoms. The van der Waals surface area contributed by atoms with Crippen LogP contribution in [0.2, 0.25) is 0 Å². The van der Waals surface area contributed by atoms with Gasteiger partial charge in [-0.3, -0.25) is 0 Å². The van der Waals surface area contributed by atoms with Crippen molar-refractivity contribution in [2.45, 2.75) is 29.7 Å². The second-order valence-corrected chi connectivity index (χ2v) is 8.36. The van der Waals surface area contributed by atoms with Gasteiger partial charge in [0.2, 0.25) is 10.0 Å². The number of sulfonamides is 1. The van der Waals surface area contributed by atoms with Gasteiger partial charge in [0.1, 0.15) is 0 Å². The molecule has 1 aromatic rings. The largest absolute Gasteiger partial charge is 0.377 e. The van der Waals surface area contributed by atoms with Crippen LogP contribution in [0, 0.1) is 0 Å². The molecule has 20 heavy (non-hydrogen) atoms. The molecule has 0 heterocycles. The molecule has 6 nitrogen and oxygen atoms in total. The van der Waals surface area contributed by atoms with E-state index in [-0.39, 0.29) is 22.4 Å². The van der Waals surface area contributed by atoms with Gasteiger partial charge in [0.25, 0.3) is 9.05 Å². The van der Waals surface area contributed by atoms with Crippen LogP contribution in [0.15, 0.2) is 34.1 Å². The van der Waals surface area contributed by atoms with E-state index in [0.717, 1.165) is 6.07 Å². The van der Waals surface area contributed by atoms with Crippen molar-refractivity contribution in [3.63, 3.8) is 0 Å². The summed E-state index contributed by atoms with van der Waals surface area (Å²) in [6, 6.07) is 4.84. The third kappa shape index (κ3) is 5.02. The standard InChI is InChI=1S/C11H16ClNO5S2/c1-3-18-9(2)8-13-20(16,17)11-6-4-5-10(7-11)19(12,14)15/h4-7,9,13H,3,8H2,1-2H3. The summed E-state index contributed by atoms with van der Waals surface area (Å²) >= 11 is 0. The molecule has 0 aliphatic carbocycles. The van der Waals surface area contributed by atoms with E-state index < -0.39 is 19.1 Å². The van der Waals surface area contributed by atoms with Crippen LogP contribution in [0.4, 0.5) is 0 Å². The van der Waals surface area contributed by atoms with E-state index in [2.05, 4.69) is 4.72 Å². The summed E-state index contributed by atoms with van der Waals surface area (Å²) in [5.74, 6) is 0. The van der Waals surface area contributed by atoms with Crippen LogP contribution in [-0.4, -0.2) is 36.1 Å². The first kappa shape index (κ1) is 17.4. The number of halogens is 1. The van der Waals surface area contributed by atoms with Crippen LogP contribution in [-0.2, 0) is 23.8 Å². The van der Waals surface area contributed by atoms with Crippen LogP contribution in [0.1, 0.15) is 13.8 Å². The Morgan fingerprint density at radius 3 is 2.40 bits per heavy atom. The van der Waals surface area contributed by atoms with E-state index in [0.29, 0.717) is 6.61 Å². The van der Waals surface area contributed by atoms with E-state index in [1.807, 2.05) is 0 Å². The summed E-state index contributed by atoms with van der Waals surface area (Å²) in [6.45, 7) is 4.10. The van der Waals surface area contributed by atoms with Crippen LogP contribution in [0.5, 0.6) is 0 Å². The Kier molecular flexibility index (Phi) is 5.96. The minimum atomic E-state index is -3.97.